The largest absolute Gasteiger partial charge is 0.0999 e. The lowest BCUT2D eigenvalue weighted by Crippen LogP contribution is -1.95. The van der Waals surface area contributed by atoms with E-state index in [1.165, 1.54) is 56.9 Å². The van der Waals surface area contributed by atoms with E-state index in [4.69, 9.17) is 0 Å². The number of benzene rings is 1. The van der Waals surface area contributed by atoms with Crippen molar-refractivity contribution >= 4 is 0 Å². The quantitative estimate of drug-likeness (QED) is 0.350. The van der Waals surface area contributed by atoms with E-state index in [-0.39, 0.29) is 0 Å². The Balaban J connectivity index is 1.55. The first-order chi connectivity index (χ1) is 9.84. The van der Waals surface area contributed by atoms with E-state index in [9.17, 15) is 0 Å². The monoisotopic (exact) mass is 266 g/mol. The van der Waals surface area contributed by atoms with Crippen LogP contribution in [0.4, 0.5) is 0 Å². The lowest BCUT2D eigenvalue weighted by molar-refractivity contribution is 0.530. The molecule has 0 atom stereocenters. The Kier molecular flexibility index (Phi) is 6.45. The molecule has 1 saturated carbocycles. The van der Waals surface area contributed by atoms with Gasteiger partial charge in [0.05, 0.1) is 0 Å². The first kappa shape index (κ1) is 14.9. The van der Waals surface area contributed by atoms with Crippen molar-refractivity contribution in [3.05, 3.63) is 48.0 Å². The van der Waals surface area contributed by atoms with Crippen molar-refractivity contribution in [2.75, 3.05) is 0 Å². The van der Waals surface area contributed by atoms with Crippen molar-refractivity contribution in [2.24, 2.45) is 5.92 Å². The SMILES string of the molecule is C=C(CCCCC#Cc1ccccc1)CC1CCCC1. The predicted octanol–water partition coefficient (Wildman–Crippen LogP) is 5.74. The molecule has 0 nitrogen and oxygen atoms in total. The van der Waals surface area contributed by atoms with E-state index in [1.807, 2.05) is 18.2 Å². The van der Waals surface area contributed by atoms with Crippen LogP contribution in [0.1, 0.15) is 63.4 Å². The Morgan fingerprint density at radius 2 is 1.85 bits per heavy atom. The summed E-state index contributed by atoms with van der Waals surface area (Å²) in [6, 6.07) is 10.2. The first-order valence-electron chi connectivity index (χ1n) is 8.05. The Morgan fingerprint density at radius 1 is 1.10 bits per heavy atom. The van der Waals surface area contributed by atoms with Gasteiger partial charge in [0.2, 0.25) is 0 Å². The van der Waals surface area contributed by atoms with Crippen LogP contribution in [0.5, 0.6) is 0 Å². The molecule has 1 aromatic carbocycles. The van der Waals surface area contributed by atoms with Gasteiger partial charge in [0, 0.05) is 12.0 Å². The van der Waals surface area contributed by atoms with Gasteiger partial charge in [0.1, 0.15) is 0 Å². The van der Waals surface area contributed by atoms with Gasteiger partial charge in [-0.2, -0.15) is 0 Å². The second kappa shape index (κ2) is 8.64. The number of rotatable bonds is 6. The Bertz CT molecular complexity index is 452. The lowest BCUT2D eigenvalue weighted by Gasteiger charge is -2.10. The highest BCUT2D eigenvalue weighted by atomic mass is 14.2. The fraction of sp³-hybridized carbons (Fsp3) is 0.500. The summed E-state index contributed by atoms with van der Waals surface area (Å²) >= 11 is 0. The van der Waals surface area contributed by atoms with Crippen LogP contribution in [0, 0.1) is 17.8 Å². The Morgan fingerprint density at radius 3 is 2.60 bits per heavy atom. The van der Waals surface area contributed by atoms with E-state index in [1.54, 1.807) is 0 Å². The predicted molar refractivity (Wildman–Crippen MR) is 87.5 cm³/mol. The summed E-state index contributed by atoms with van der Waals surface area (Å²) in [5.74, 6) is 7.43. The molecule has 0 saturated heterocycles. The van der Waals surface area contributed by atoms with E-state index < -0.39 is 0 Å². The van der Waals surface area contributed by atoms with E-state index >= 15 is 0 Å². The fourth-order valence-corrected chi connectivity index (χ4v) is 3.00. The van der Waals surface area contributed by atoms with Gasteiger partial charge in [-0.3, -0.25) is 0 Å². The molecule has 0 radical (unpaired) electrons. The average molecular weight is 266 g/mol. The average Bonchev–Trinajstić information content (AvgIpc) is 2.96. The minimum absolute atomic E-state index is 0.945. The van der Waals surface area contributed by atoms with Crippen LogP contribution in [-0.2, 0) is 0 Å². The molecule has 0 amide bonds. The zero-order valence-corrected chi connectivity index (χ0v) is 12.5. The van der Waals surface area contributed by atoms with Gasteiger partial charge < -0.3 is 0 Å². The second-order valence-corrected chi connectivity index (χ2v) is 5.98. The Labute approximate surface area is 124 Å². The minimum atomic E-state index is 0.945. The summed E-state index contributed by atoms with van der Waals surface area (Å²) < 4.78 is 0. The van der Waals surface area contributed by atoms with Gasteiger partial charge in [0.15, 0.2) is 0 Å². The van der Waals surface area contributed by atoms with E-state index in [2.05, 4.69) is 30.6 Å². The van der Waals surface area contributed by atoms with Crippen molar-refractivity contribution in [1.29, 1.82) is 0 Å². The van der Waals surface area contributed by atoms with Gasteiger partial charge >= 0.3 is 0 Å². The highest BCUT2D eigenvalue weighted by molar-refractivity contribution is 5.33. The van der Waals surface area contributed by atoms with Crippen molar-refractivity contribution in [3.8, 4) is 11.8 Å². The van der Waals surface area contributed by atoms with Gasteiger partial charge in [-0.25, -0.2) is 0 Å². The molecule has 1 aliphatic carbocycles. The van der Waals surface area contributed by atoms with Crippen LogP contribution in [0.25, 0.3) is 0 Å². The number of hydrogen-bond acceptors (Lipinski definition) is 0. The smallest absolute Gasteiger partial charge is 0.0245 e. The molecule has 0 N–H and O–H groups in total. The second-order valence-electron chi connectivity index (χ2n) is 5.98. The molecule has 2 rings (SSSR count). The molecule has 20 heavy (non-hydrogen) atoms. The zero-order chi connectivity index (χ0) is 14.0. The molecule has 0 heterocycles. The summed E-state index contributed by atoms with van der Waals surface area (Å²) in [4.78, 5) is 0. The third-order valence-corrected chi connectivity index (χ3v) is 4.14. The standard InChI is InChI=1S/C20H26/c1-18(17-20-15-9-10-16-20)11-5-2-3-6-12-19-13-7-4-8-14-19/h4,7-8,13-14,20H,1-3,5,9-11,15-17H2. The van der Waals surface area contributed by atoms with E-state index in [0.717, 1.165) is 17.9 Å². The molecule has 0 aromatic heterocycles. The summed E-state index contributed by atoms with van der Waals surface area (Å²) in [7, 11) is 0. The highest BCUT2D eigenvalue weighted by Gasteiger charge is 2.15. The zero-order valence-electron chi connectivity index (χ0n) is 12.5. The molecule has 0 spiro atoms. The maximum absolute atomic E-state index is 4.25. The van der Waals surface area contributed by atoms with E-state index in [0.29, 0.717) is 0 Å². The van der Waals surface area contributed by atoms with Crippen LogP contribution >= 0.6 is 0 Å². The van der Waals surface area contributed by atoms with Gasteiger partial charge in [-0.15, -0.1) is 0 Å². The van der Waals surface area contributed by atoms with Crippen LogP contribution in [-0.4, -0.2) is 0 Å². The molecular weight excluding hydrogens is 240 g/mol. The molecule has 106 valence electrons. The molecule has 1 fully saturated rings. The van der Waals surface area contributed by atoms with Crippen molar-refractivity contribution < 1.29 is 0 Å². The van der Waals surface area contributed by atoms with Crippen LogP contribution in [0.15, 0.2) is 42.5 Å². The molecule has 1 aliphatic rings. The van der Waals surface area contributed by atoms with Crippen molar-refractivity contribution in [2.45, 2.75) is 57.8 Å². The van der Waals surface area contributed by atoms with Gasteiger partial charge in [-0.05, 0) is 43.7 Å². The van der Waals surface area contributed by atoms with Crippen LogP contribution < -0.4 is 0 Å². The lowest BCUT2D eigenvalue weighted by atomic mass is 9.95. The third-order valence-electron chi connectivity index (χ3n) is 4.14. The molecule has 0 unspecified atom stereocenters. The summed E-state index contributed by atoms with van der Waals surface area (Å²) in [5, 5.41) is 0. The number of hydrogen-bond donors (Lipinski definition) is 0. The topological polar surface area (TPSA) is 0 Å². The van der Waals surface area contributed by atoms with Gasteiger partial charge in [0.25, 0.3) is 0 Å². The number of unbranched alkanes of at least 4 members (excludes halogenated alkanes) is 2. The molecule has 0 bridgehead atoms. The molecular formula is C20H26. The van der Waals surface area contributed by atoms with Crippen LogP contribution in [0.2, 0.25) is 0 Å². The van der Waals surface area contributed by atoms with Crippen molar-refractivity contribution in [1.82, 2.24) is 0 Å². The molecule has 0 heteroatoms. The maximum Gasteiger partial charge on any atom is 0.0245 e. The molecule has 1 aromatic rings. The minimum Gasteiger partial charge on any atom is -0.0999 e. The highest BCUT2D eigenvalue weighted by Crippen LogP contribution is 2.30. The normalized spacial score (nSPS) is 14.8. The summed E-state index contributed by atoms with van der Waals surface area (Å²) in [6.07, 6.45) is 11.7. The fourth-order valence-electron chi connectivity index (χ4n) is 3.00. The van der Waals surface area contributed by atoms with Crippen LogP contribution in [0.3, 0.4) is 0 Å². The number of allylic oxidation sites excluding steroid dienone is 1. The van der Waals surface area contributed by atoms with Gasteiger partial charge in [-0.1, -0.05) is 67.9 Å². The summed E-state index contributed by atoms with van der Waals surface area (Å²) in [6.45, 7) is 4.25. The maximum atomic E-state index is 4.25. The van der Waals surface area contributed by atoms with Crippen molar-refractivity contribution in [3.63, 3.8) is 0 Å². The molecule has 0 aliphatic heterocycles. The Hall–Kier alpha value is -1.48. The first-order valence-corrected chi connectivity index (χ1v) is 8.05. The summed E-state index contributed by atoms with van der Waals surface area (Å²) in [5.41, 5.74) is 2.59. The third kappa shape index (κ3) is 5.66.